The molecule has 1 N–H and O–H groups in total. The van der Waals surface area contributed by atoms with Crippen molar-refractivity contribution in [2.75, 3.05) is 7.05 Å². The summed E-state index contributed by atoms with van der Waals surface area (Å²) in [6.45, 7) is 5.91. The summed E-state index contributed by atoms with van der Waals surface area (Å²) in [7, 11) is 1.98. The number of hydrogen-bond acceptors (Lipinski definition) is 2. The zero-order valence-corrected chi connectivity index (χ0v) is 16.5. The van der Waals surface area contributed by atoms with Crippen molar-refractivity contribution in [3.05, 3.63) is 89.5 Å². The van der Waals surface area contributed by atoms with Gasteiger partial charge >= 0.3 is 0 Å². The third kappa shape index (κ3) is 5.45. The van der Waals surface area contributed by atoms with Gasteiger partial charge in [0.25, 0.3) is 0 Å². The Kier molecular flexibility index (Phi) is 6.67. The molecule has 0 radical (unpaired) electrons. The molecule has 2 heteroatoms. The highest BCUT2D eigenvalue weighted by atomic mass is 16.5. The fourth-order valence-electron chi connectivity index (χ4n) is 3.31. The van der Waals surface area contributed by atoms with Crippen LogP contribution in [0.5, 0.6) is 5.75 Å². The Balaban J connectivity index is 1.78. The SMILES string of the molecule is CNCc1cc(OCc2ccccc2)ccc1-c1ccc(CC(C)C)cc1. The van der Waals surface area contributed by atoms with Gasteiger partial charge in [-0.1, -0.05) is 74.5 Å². The van der Waals surface area contributed by atoms with Gasteiger partial charge in [0, 0.05) is 6.54 Å². The average Bonchev–Trinajstić information content (AvgIpc) is 2.68. The van der Waals surface area contributed by atoms with Gasteiger partial charge in [-0.3, -0.25) is 0 Å². The molecule has 0 fully saturated rings. The van der Waals surface area contributed by atoms with E-state index in [4.69, 9.17) is 4.74 Å². The van der Waals surface area contributed by atoms with E-state index in [9.17, 15) is 0 Å². The van der Waals surface area contributed by atoms with Gasteiger partial charge in [-0.25, -0.2) is 0 Å². The van der Waals surface area contributed by atoms with Crippen LogP contribution in [0.15, 0.2) is 72.8 Å². The fraction of sp³-hybridized carbons (Fsp3) is 0.280. The van der Waals surface area contributed by atoms with Crippen molar-refractivity contribution in [3.63, 3.8) is 0 Å². The predicted molar refractivity (Wildman–Crippen MR) is 114 cm³/mol. The minimum atomic E-state index is 0.586. The molecule has 3 aromatic carbocycles. The van der Waals surface area contributed by atoms with Gasteiger partial charge in [-0.2, -0.15) is 0 Å². The number of nitrogens with one attached hydrogen (secondary N) is 1. The molecule has 0 spiro atoms. The molecule has 0 heterocycles. The summed E-state index contributed by atoms with van der Waals surface area (Å²) in [4.78, 5) is 0. The summed E-state index contributed by atoms with van der Waals surface area (Å²) in [6.07, 6.45) is 1.12. The maximum absolute atomic E-state index is 6.00. The van der Waals surface area contributed by atoms with Gasteiger partial charge in [0.2, 0.25) is 0 Å². The van der Waals surface area contributed by atoms with E-state index in [0.29, 0.717) is 12.5 Å². The van der Waals surface area contributed by atoms with Crippen molar-refractivity contribution in [3.8, 4) is 16.9 Å². The first-order valence-electron chi connectivity index (χ1n) is 9.69. The molecule has 27 heavy (non-hydrogen) atoms. The molecule has 0 bridgehead atoms. The van der Waals surface area contributed by atoms with Crippen LogP contribution in [0, 0.1) is 5.92 Å². The number of ether oxygens (including phenoxy) is 1. The molecule has 0 saturated carbocycles. The smallest absolute Gasteiger partial charge is 0.120 e. The van der Waals surface area contributed by atoms with Crippen molar-refractivity contribution in [2.45, 2.75) is 33.4 Å². The van der Waals surface area contributed by atoms with Gasteiger partial charge in [0.1, 0.15) is 12.4 Å². The topological polar surface area (TPSA) is 21.3 Å². The molecule has 0 saturated heterocycles. The van der Waals surface area contributed by atoms with Gasteiger partial charge < -0.3 is 10.1 Å². The molecule has 140 valence electrons. The van der Waals surface area contributed by atoms with Gasteiger partial charge in [-0.15, -0.1) is 0 Å². The Bertz CT molecular complexity index is 838. The highest BCUT2D eigenvalue weighted by Crippen LogP contribution is 2.28. The van der Waals surface area contributed by atoms with Crippen LogP contribution in [0.25, 0.3) is 11.1 Å². The van der Waals surface area contributed by atoms with E-state index < -0.39 is 0 Å². The zero-order valence-electron chi connectivity index (χ0n) is 16.5. The molecular formula is C25H29NO. The van der Waals surface area contributed by atoms with E-state index in [1.54, 1.807) is 0 Å². The van der Waals surface area contributed by atoms with E-state index in [-0.39, 0.29) is 0 Å². The molecule has 2 nitrogen and oxygen atoms in total. The minimum absolute atomic E-state index is 0.586. The molecule has 0 aliphatic carbocycles. The van der Waals surface area contributed by atoms with Gasteiger partial charge in [-0.05, 0) is 59.3 Å². The van der Waals surface area contributed by atoms with E-state index >= 15 is 0 Å². The summed E-state index contributed by atoms with van der Waals surface area (Å²) in [5, 5.41) is 3.28. The molecule has 3 aromatic rings. The van der Waals surface area contributed by atoms with E-state index in [0.717, 1.165) is 18.7 Å². The van der Waals surface area contributed by atoms with Crippen molar-refractivity contribution in [1.29, 1.82) is 0 Å². The van der Waals surface area contributed by atoms with E-state index in [1.807, 2.05) is 25.2 Å². The molecule has 0 aliphatic rings. The van der Waals surface area contributed by atoms with Crippen LogP contribution in [0.4, 0.5) is 0 Å². The summed E-state index contributed by atoms with van der Waals surface area (Å²) >= 11 is 0. The molecule has 0 aromatic heterocycles. The zero-order chi connectivity index (χ0) is 19.1. The monoisotopic (exact) mass is 359 g/mol. The lowest BCUT2D eigenvalue weighted by Crippen LogP contribution is -2.07. The second kappa shape index (κ2) is 9.38. The van der Waals surface area contributed by atoms with Crippen molar-refractivity contribution in [2.24, 2.45) is 5.92 Å². The lowest BCUT2D eigenvalue weighted by molar-refractivity contribution is 0.306. The Labute approximate surface area is 163 Å². The van der Waals surface area contributed by atoms with Crippen LogP contribution in [0.1, 0.15) is 30.5 Å². The van der Waals surface area contributed by atoms with Crippen molar-refractivity contribution in [1.82, 2.24) is 5.32 Å². The third-order valence-corrected chi connectivity index (χ3v) is 4.60. The van der Waals surface area contributed by atoms with Crippen LogP contribution in [-0.2, 0) is 19.6 Å². The van der Waals surface area contributed by atoms with Gasteiger partial charge in [0.15, 0.2) is 0 Å². The molecule has 3 rings (SSSR count). The number of rotatable bonds is 8. The first-order chi connectivity index (χ1) is 13.2. The highest BCUT2D eigenvalue weighted by molar-refractivity contribution is 5.68. The van der Waals surface area contributed by atoms with Crippen LogP contribution < -0.4 is 10.1 Å². The lowest BCUT2D eigenvalue weighted by Gasteiger charge is -2.14. The Morgan fingerprint density at radius 3 is 2.26 bits per heavy atom. The maximum atomic E-state index is 6.00. The van der Waals surface area contributed by atoms with Crippen LogP contribution in [0.3, 0.4) is 0 Å². The molecular weight excluding hydrogens is 330 g/mol. The summed E-state index contributed by atoms with van der Waals surface area (Å²) in [5.74, 6) is 1.58. The maximum Gasteiger partial charge on any atom is 0.120 e. The second-order valence-electron chi connectivity index (χ2n) is 7.42. The van der Waals surface area contributed by atoms with Crippen LogP contribution >= 0.6 is 0 Å². The van der Waals surface area contributed by atoms with E-state index in [2.05, 4.69) is 73.8 Å². The minimum Gasteiger partial charge on any atom is -0.489 e. The normalized spacial score (nSPS) is 11.0. The lowest BCUT2D eigenvalue weighted by atomic mass is 9.96. The molecule has 0 unspecified atom stereocenters. The number of hydrogen-bond donors (Lipinski definition) is 1. The Morgan fingerprint density at radius 1 is 0.852 bits per heavy atom. The second-order valence-corrected chi connectivity index (χ2v) is 7.42. The van der Waals surface area contributed by atoms with Crippen molar-refractivity contribution >= 4 is 0 Å². The largest absolute Gasteiger partial charge is 0.489 e. The predicted octanol–water partition coefficient (Wildman–Crippen LogP) is 5.85. The van der Waals surface area contributed by atoms with Gasteiger partial charge in [0.05, 0.1) is 0 Å². The standard InChI is InChI=1S/C25H29NO/c1-19(2)15-20-9-11-22(12-10-20)25-14-13-24(16-23(25)17-26-3)27-18-21-7-5-4-6-8-21/h4-14,16,19,26H,15,17-18H2,1-3H3. The van der Waals surface area contributed by atoms with E-state index in [1.165, 1.54) is 27.8 Å². The van der Waals surface area contributed by atoms with Crippen LogP contribution in [0.2, 0.25) is 0 Å². The average molecular weight is 360 g/mol. The van der Waals surface area contributed by atoms with Crippen LogP contribution in [-0.4, -0.2) is 7.05 Å². The van der Waals surface area contributed by atoms with Crippen molar-refractivity contribution < 1.29 is 4.74 Å². The highest BCUT2D eigenvalue weighted by Gasteiger charge is 2.08. The molecule has 0 aliphatic heterocycles. The fourth-order valence-corrected chi connectivity index (χ4v) is 3.31. The Morgan fingerprint density at radius 2 is 1.59 bits per heavy atom. The number of benzene rings is 3. The first kappa shape index (κ1) is 19.2. The third-order valence-electron chi connectivity index (χ3n) is 4.60. The summed E-state index contributed by atoms with van der Waals surface area (Å²) in [6, 6.07) is 25.6. The first-order valence-corrected chi connectivity index (χ1v) is 9.69. The summed E-state index contributed by atoms with van der Waals surface area (Å²) < 4.78 is 6.00. The summed E-state index contributed by atoms with van der Waals surface area (Å²) in [5.41, 5.74) is 6.33. The molecule has 0 atom stereocenters. The molecule has 0 amide bonds. The Hall–Kier alpha value is -2.58. The quantitative estimate of drug-likeness (QED) is 0.545.